The van der Waals surface area contributed by atoms with Crippen molar-refractivity contribution in [2.75, 3.05) is 0 Å². The Morgan fingerprint density at radius 1 is 0.760 bits per heavy atom. The number of phenolic OH excluding ortho intramolecular Hbond substituents is 2. The molecule has 2 aliphatic heterocycles. The second kappa shape index (κ2) is 4.54. The molecule has 5 rings (SSSR count). The van der Waals surface area contributed by atoms with Crippen molar-refractivity contribution >= 4 is 5.97 Å². The van der Waals surface area contributed by atoms with Crippen LogP contribution in [0.25, 0.3) is 0 Å². The van der Waals surface area contributed by atoms with E-state index in [-0.39, 0.29) is 11.5 Å². The first kappa shape index (κ1) is 13.9. The predicted octanol–water partition coefficient (Wildman–Crippen LogP) is 3.67. The van der Waals surface area contributed by atoms with Crippen LogP contribution < -0.4 is 4.74 Å². The van der Waals surface area contributed by atoms with Gasteiger partial charge in [0.15, 0.2) is 0 Å². The third-order valence-electron chi connectivity index (χ3n) is 4.70. The Labute approximate surface area is 142 Å². The fraction of sp³-hybridized carbons (Fsp3) is 0.0500. The van der Waals surface area contributed by atoms with Crippen molar-refractivity contribution in [3.8, 4) is 23.0 Å². The summed E-state index contributed by atoms with van der Waals surface area (Å²) in [5.41, 5.74) is 0.124. The van der Waals surface area contributed by atoms with E-state index >= 15 is 0 Å². The van der Waals surface area contributed by atoms with Gasteiger partial charge in [0.05, 0.1) is 16.7 Å². The van der Waals surface area contributed by atoms with Crippen molar-refractivity contribution in [1.29, 1.82) is 0 Å². The molecule has 3 aromatic carbocycles. The summed E-state index contributed by atoms with van der Waals surface area (Å²) in [7, 11) is 0. The molecule has 0 atom stereocenters. The summed E-state index contributed by atoms with van der Waals surface area (Å²) in [6.45, 7) is 0. The van der Waals surface area contributed by atoms with Gasteiger partial charge in [-0.15, -0.1) is 0 Å². The first-order valence-electron chi connectivity index (χ1n) is 7.78. The minimum absolute atomic E-state index is 0.0732. The molecule has 2 N–H and O–H groups in total. The van der Waals surface area contributed by atoms with Crippen LogP contribution >= 0.6 is 0 Å². The normalized spacial score (nSPS) is 15.8. The van der Waals surface area contributed by atoms with E-state index in [0.29, 0.717) is 33.8 Å². The summed E-state index contributed by atoms with van der Waals surface area (Å²) in [6.07, 6.45) is 0. The van der Waals surface area contributed by atoms with Gasteiger partial charge in [0.2, 0.25) is 5.60 Å². The quantitative estimate of drug-likeness (QED) is 0.614. The number of benzene rings is 3. The smallest absolute Gasteiger partial charge is 0.340 e. The molecule has 1 spiro atoms. The molecular formula is C20H12O5. The molecule has 3 aromatic rings. The molecule has 5 nitrogen and oxygen atoms in total. The van der Waals surface area contributed by atoms with E-state index in [1.807, 2.05) is 0 Å². The van der Waals surface area contributed by atoms with Gasteiger partial charge in [-0.1, -0.05) is 30.3 Å². The lowest BCUT2D eigenvalue weighted by molar-refractivity contribution is 0.0210. The number of fused-ring (bicyclic) bond motifs is 6. The van der Waals surface area contributed by atoms with Crippen LogP contribution in [0.15, 0.2) is 60.7 Å². The van der Waals surface area contributed by atoms with Crippen LogP contribution in [0.5, 0.6) is 23.0 Å². The number of hydrogen-bond donors (Lipinski definition) is 2. The van der Waals surface area contributed by atoms with E-state index in [9.17, 15) is 15.0 Å². The standard InChI is InChI=1S/C20H12O5/c21-13-7-3-9-15-17(13)20(18-14(22)8-4-10-16(18)24-15)12-6-2-1-5-11(12)19(23)25-20/h1-10,21-22H. The Kier molecular flexibility index (Phi) is 2.53. The van der Waals surface area contributed by atoms with Gasteiger partial charge in [0.1, 0.15) is 23.0 Å². The van der Waals surface area contributed by atoms with Crippen LogP contribution in [0.2, 0.25) is 0 Å². The second-order valence-corrected chi connectivity index (χ2v) is 6.02. The summed E-state index contributed by atoms with van der Waals surface area (Å²) >= 11 is 0. The van der Waals surface area contributed by atoms with E-state index < -0.39 is 11.6 Å². The molecule has 0 saturated carbocycles. The number of hydrogen-bond acceptors (Lipinski definition) is 5. The molecule has 0 saturated heterocycles. The number of phenols is 2. The van der Waals surface area contributed by atoms with Crippen molar-refractivity contribution in [3.63, 3.8) is 0 Å². The van der Waals surface area contributed by atoms with Crippen molar-refractivity contribution in [2.24, 2.45) is 0 Å². The number of esters is 1. The first-order valence-corrected chi connectivity index (χ1v) is 7.78. The Hall–Kier alpha value is -3.47. The van der Waals surface area contributed by atoms with Crippen molar-refractivity contribution in [1.82, 2.24) is 0 Å². The molecule has 0 radical (unpaired) electrons. The third kappa shape index (κ3) is 1.59. The molecule has 2 aliphatic rings. The predicted molar refractivity (Wildman–Crippen MR) is 88.0 cm³/mol. The van der Waals surface area contributed by atoms with Crippen LogP contribution in [-0.4, -0.2) is 16.2 Å². The summed E-state index contributed by atoms with van der Waals surface area (Å²) < 4.78 is 11.7. The van der Waals surface area contributed by atoms with Crippen molar-refractivity contribution < 1.29 is 24.5 Å². The number of ether oxygens (including phenoxy) is 2. The Morgan fingerprint density at radius 3 is 2.00 bits per heavy atom. The van der Waals surface area contributed by atoms with E-state index in [0.717, 1.165) is 0 Å². The lowest BCUT2D eigenvalue weighted by Crippen LogP contribution is -2.33. The van der Waals surface area contributed by atoms with E-state index in [1.54, 1.807) is 48.5 Å². The van der Waals surface area contributed by atoms with Gasteiger partial charge in [-0.3, -0.25) is 0 Å². The van der Waals surface area contributed by atoms with Crippen LogP contribution in [0.4, 0.5) is 0 Å². The summed E-state index contributed by atoms with van der Waals surface area (Å²) in [4.78, 5) is 12.6. The highest BCUT2D eigenvalue weighted by atomic mass is 16.6. The molecule has 0 unspecified atom stereocenters. The minimum atomic E-state index is -1.45. The fourth-order valence-electron chi connectivity index (χ4n) is 3.75. The van der Waals surface area contributed by atoms with Gasteiger partial charge in [0.25, 0.3) is 0 Å². The van der Waals surface area contributed by atoms with Crippen LogP contribution in [0.3, 0.4) is 0 Å². The monoisotopic (exact) mass is 332 g/mol. The van der Waals surface area contributed by atoms with E-state index in [1.165, 1.54) is 12.1 Å². The molecule has 0 aromatic heterocycles. The molecular weight excluding hydrogens is 320 g/mol. The highest BCUT2D eigenvalue weighted by molar-refractivity contribution is 5.97. The SMILES string of the molecule is O=C1OC2(c3ccccc31)c1c(O)cccc1Oc1cccc(O)c12. The largest absolute Gasteiger partial charge is 0.507 e. The van der Waals surface area contributed by atoms with Gasteiger partial charge in [-0.2, -0.15) is 0 Å². The molecule has 2 heterocycles. The maximum absolute atomic E-state index is 12.6. The first-order chi connectivity index (χ1) is 12.1. The number of carbonyl (C=O) groups is 1. The Bertz CT molecular complexity index is 1000. The lowest BCUT2D eigenvalue weighted by Gasteiger charge is -2.36. The maximum Gasteiger partial charge on any atom is 0.340 e. The topological polar surface area (TPSA) is 76.0 Å². The highest BCUT2D eigenvalue weighted by Gasteiger charge is 2.56. The minimum Gasteiger partial charge on any atom is -0.507 e. The molecule has 122 valence electrons. The van der Waals surface area contributed by atoms with Crippen LogP contribution in [0, 0.1) is 0 Å². The average molecular weight is 332 g/mol. The molecule has 0 fully saturated rings. The molecule has 0 aliphatic carbocycles. The van der Waals surface area contributed by atoms with Gasteiger partial charge < -0.3 is 19.7 Å². The number of carbonyl (C=O) groups excluding carboxylic acids is 1. The van der Waals surface area contributed by atoms with Crippen molar-refractivity contribution in [3.05, 3.63) is 82.9 Å². The molecule has 0 bridgehead atoms. The molecule has 25 heavy (non-hydrogen) atoms. The number of rotatable bonds is 0. The highest BCUT2D eigenvalue weighted by Crippen LogP contribution is 2.60. The van der Waals surface area contributed by atoms with Gasteiger partial charge in [0, 0.05) is 5.56 Å². The Balaban J connectivity index is 1.98. The zero-order valence-electron chi connectivity index (χ0n) is 12.9. The zero-order valence-corrected chi connectivity index (χ0v) is 12.9. The average Bonchev–Trinajstić information content (AvgIpc) is 2.88. The lowest BCUT2D eigenvalue weighted by atomic mass is 9.77. The van der Waals surface area contributed by atoms with E-state index in [2.05, 4.69) is 0 Å². The Morgan fingerprint density at radius 2 is 1.36 bits per heavy atom. The van der Waals surface area contributed by atoms with E-state index in [4.69, 9.17) is 9.47 Å². The van der Waals surface area contributed by atoms with Gasteiger partial charge >= 0.3 is 5.97 Å². The van der Waals surface area contributed by atoms with Crippen LogP contribution in [0.1, 0.15) is 27.0 Å². The molecule has 5 heteroatoms. The summed E-state index contributed by atoms with van der Waals surface area (Å²) in [5, 5.41) is 21.1. The zero-order chi connectivity index (χ0) is 17.2. The van der Waals surface area contributed by atoms with Gasteiger partial charge in [-0.05, 0) is 30.3 Å². The fourth-order valence-corrected chi connectivity index (χ4v) is 3.75. The van der Waals surface area contributed by atoms with Crippen molar-refractivity contribution in [2.45, 2.75) is 5.60 Å². The summed E-state index contributed by atoms with van der Waals surface area (Å²) in [6, 6.07) is 16.7. The summed E-state index contributed by atoms with van der Waals surface area (Å²) in [5.74, 6) is 0.0953. The van der Waals surface area contributed by atoms with Crippen LogP contribution in [-0.2, 0) is 10.3 Å². The third-order valence-corrected chi connectivity index (χ3v) is 4.70. The van der Waals surface area contributed by atoms with Gasteiger partial charge in [-0.25, -0.2) is 4.79 Å². The second-order valence-electron chi connectivity index (χ2n) is 6.02. The number of aromatic hydroxyl groups is 2. The molecule has 0 amide bonds. The maximum atomic E-state index is 12.6.